The Morgan fingerprint density at radius 3 is 2.62 bits per heavy atom. The highest BCUT2D eigenvalue weighted by Gasteiger charge is 2.18. The summed E-state index contributed by atoms with van der Waals surface area (Å²) < 4.78 is 5.21. The summed E-state index contributed by atoms with van der Waals surface area (Å²) in [5.74, 6) is 0.755. The van der Waals surface area contributed by atoms with Gasteiger partial charge in [0.15, 0.2) is 0 Å². The molecule has 1 N–H and O–H groups in total. The fourth-order valence-corrected chi connectivity index (χ4v) is 2.10. The Morgan fingerprint density at radius 1 is 1.38 bits per heavy atom. The second kappa shape index (κ2) is 6.03. The predicted octanol–water partition coefficient (Wildman–Crippen LogP) is 2.48. The number of hydrogen-bond acceptors (Lipinski definition) is 2. The Kier molecular flexibility index (Phi) is 4.91. The molecule has 0 aliphatic heterocycles. The smallest absolute Gasteiger partial charge is 0.121 e. The summed E-state index contributed by atoms with van der Waals surface area (Å²) in [7, 11) is 0. The van der Waals surface area contributed by atoms with Gasteiger partial charge < -0.3 is 9.84 Å². The fourth-order valence-electron chi connectivity index (χ4n) is 2.10. The molecule has 0 amide bonds. The molecule has 1 atom stereocenters. The topological polar surface area (TPSA) is 29.5 Å². The summed E-state index contributed by atoms with van der Waals surface area (Å²) >= 11 is 0. The van der Waals surface area contributed by atoms with E-state index in [4.69, 9.17) is 9.84 Å². The highest BCUT2D eigenvalue weighted by molar-refractivity contribution is 4.71. The Labute approximate surface area is 80.6 Å². The molecule has 1 rings (SSSR count). The Balaban J connectivity index is 2.22. The van der Waals surface area contributed by atoms with Crippen molar-refractivity contribution in [3.05, 3.63) is 12.8 Å². The van der Waals surface area contributed by atoms with Crippen molar-refractivity contribution < 1.29 is 9.84 Å². The summed E-state index contributed by atoms with van der Waals surface area (Å²) in [5.41, 5.74) is 0. The van der Waals surface area contributed by atoms with E-state index in [-0.39, 0.29) is 12.7 Å². The van der Waals surface area contributed by atoms with Crippen LogP contribution in [0.2, 0.25) is 0 Å². The molecule has 0 bridgehead atoms. The molecule has 0 radical (unpaired) electrons. The third kappa shape index (κ3) is 3.81. The molecular formula is C11H20O2. The van der Waals surface area contributed by atoms with Crippen molar-refractivity contribution in [2.45, 2.75) is 44.6 Å². The number of aliphatic hydroxyl groups excluding tert-OH is 1. The van der Waals surface area contributed by atoms with Crippen LogP contribution in [0.1, 0.15) is 38.5 Å². The Hall–Kier alpha value is -0.500. The Morgan fingerprint density at radius 2 is 2.08 bits per heavy atom. The lowest BCUT2D eigenvalue weighted by Crippen LogP contribution is -2.21. The molecule has 1 fully saturated rings. The first-order valence-electron chi connectivity index (χ1n) is 5.24. The van der Waals surface area contributed by atoms with Gasteiger partial charge in [-0.25, -0.2) is 0 Å². The van der Waals surface area contributed by atoms with Crippen molar-refractivity contribution in [1.82, 2.24) is 0 Å². The number of aliphatic hydroxyl groups is 1. The lowest BCUT2D eigenvalue weighted by molar-refractivity contribution is 0.0536. The van der Waals surface area contributed by atoms with E-state index in [2.05, 4.69) is 6.58 Å². The van der Waals surface area contributed by atoms with E-state index in [1.165, 1.54) is 38.4 Å². The van der Waals surface area contributed by atoms with Gasteiger partial charge in [-0.3, -0.25) is 0 Å². The van der Waals surface area contributed by atoms with Crippen molar-refractivity contribution in [2.24, 2.45) is 5.92 Å². The summed E-state index contributed by atoms with van der Waals surface area (Å²) in [6, 6.07) is 0. The second-order valence-electron chi connectivity index (χ2n) is 3.85. The summed E-state index contributed by atoms with van der Waals surface area (Å²) in [5, 5.41) is 9.02. The van der Waals surface area contributed by atoms with Gasteiger partial charge in [0.25, 0.3) is 0 Å². The van der Waals surface area contributed by atoms with E-state index in [1.807, 2.05) is 0 Å². The lowest BCUT2D eigenvalue weighted by atomic mass is 9.85. The van der Waals surface area contributed by atoms with Gasteiger partial charge in [0.05, 0.1) is 12.9 Å². The Bertz CT molecular complexity index is 139. The van der Waals surface area contributed by atoms with Crippen LogP contribution in [0, 0.1) is 5.92 Å². The predicted molar refractivity (Wildman–Crippen MR) is 53.3 cm³/mol. The largest absolute Gasteiger partial charge is 0.496 e. The quantitative estimate of drug-likeness (QED) is 0.665. The van der Waals surface area contributed by atoms with E-state index >= 15 is 0 Å². The zero-order valence-electron chi connectivity index (χ0n) is 8.24. The van der Waals surface area contributed by atoms with Crippen molar-refractivity contribution in [2.75, 3.05) is 6.61 Å². The minimum Gasteiger partial charge on any atom is -0.496 e. The summed E-state index contributed by atoms with van der Waals surface area (Å²) in [4.78, 5) is 0. The van der Waals surface area contributed by atoms with Gasteiger partial charge >= 0.3 is 0 Å². The average molecular weight is 184 g/mol. The lowest BCUT2D eigenvalue weighted by Gasteiger charge is -2.25. The molecule has 13 heavy (non-hydrogen) atoms. The van der Waals surface area contributed by atoms with Gasteiger partial charge in [-0.1, -0.05) is 38.7 Å². The number of hydrogen-bond donors (Lipinski definition) is 1. The highest BCUT2D eigenvalue weighted by atomic mass is 16.5. The molecule has 1 saturated carbocycles. The van der Waals surface area contributed by atoms with E-state index in [9.17, 15) is 0 Å². The molecule has 0 spiro atoms. The molecule has 0 aromatic heterocycles. The fraction of sp³-hybridized carbons (Fsp3) is 0.818. The first-order chi connectivity index (χ1) is 6.36. The minimum atomic E-state index is -0.0272. The van der Waals surface area contributed by atoms with Crippen LogP contribution in [0.5, 0.6) is 0 Å². The van der Waals surface area contributed by atoms with Gasteiger partial charge in [0, 0.05) is 0 Å². The minimum absolute atomic E-state index is 0.0272. The molecule has 2 nitrogen and oxygen atoms in total. The van der Waals surface area contributed by atoms with Crippen LogP contribution in [0.15, 0.2) is 12.8 Å². The van der Waals surface area contributed by atoms with Crippen molar-refractivity contribution in [3.8, 4) is 0 Å². The third-order valence-electron chi connectivity index (χ3n) is 2.81. The zero-order valence-corrected chi connectivity index (χ0v) is 8.24. The molecule has 1 unspecified atom stereocenters. The van der Waals surface area contributed by atoms with Crippen LogP contribution in [-0.2, 0) is 4.74 Å². The SMILES string of the molecule is C=COC(CO)CC1CCCCC1. The third-order valence-corrected chi connectivity index (χ3v) is 2.81. The maximum absolute atomic E-state index is 9.02. The van der Waals surface area contributed by atoms with Crippen molar-refractivity contribution in [1.29, 1.82) is 0 Å². The van der Waals surface area contributed by atoms with Gasteiger partial charge in [-0.05, 0) is 12.3 Å². The molecule has 2 heteroatoms. The molecule has 0 saturated heterocycles. The van der Waals surface area contributed by atoms with Gasteiger partial charge in [-0.15, -0.1) is 0 Å². The van der Waals surface area contributed by atoms with Gasteiger partial charge in [0.1, 0.15) is 6.10 Å². The van der Waals surface area contributed by atoms with Crippen LogP contribution in [0.25, 0.3) is 0 Å². The molecule has 0 aromatic rings. The van der Waals surface area contributed by atoms with Crippen LogP contribution in [-0.4, -0.2) is 17.8 Å². The van der Waals surface area contributed by atoms with Crippen LogP contribution in [0.4, 0.5) is 0 Å². The maximum atomic E-state index is 9.02. The average Bonchev–Trinajstić information content (AvgIpc) is 2.19. The molecular weight excluding hydrogens is 164 g/mol. The maximum Gasteiger partial charge on any atom is 0.121 e. The van der Waals surface area contributed by atoms with E-state index in [1.54, 1.807) is 0 Å². The van der Waals surface area contributed by atoms with Crippen LogP contribution in [0.3, 0.4) is 0 Å². The summed E-state index contributed by atoms with van der Waals surface area (Å²) in [6.07, 6.45) is 9.07. The van der Waals surface area contributed by atoms with Gasteiger partial charge in [0.2, 0.25) is 0 Å². The highest BCUT2D eigenvalue weighted by Crippen LogP contribution is 2.27. The van der Waals surface area contributed by atoms with Crippen molar-refractivity contribution >= 4 is 0 Å². The first kappa shape index (κ1) is 10.6. The first-order valence-corrected chi connectivity index (χ1v) is 5.24. The van der Waals surface area contributed by atoms with E-state index in [0.29, 0.717) is 0 Å². The van der Waals surface area contributed by atoms with Crippen LogP contribution < -0.4 is 0 Å². The zero-order chi connectivity index (χ0) is 9.52. The number of ether oxygens (including phenoxy) is 1. The number of rotatable bonds is 5. The standard InChI is InChI=1S/C11H20O2/c1-2-13-11(9-12)8-10-6-4-3-5-7-10/h2,10-12H,1,3-9H2. The molecule has 1 aliphatic rings. The summed E-state index contributed by atoms with van der Waals surface area (Å²) in [6.45, 7) is 3.62. The van der Waals surface area contributed by atoms with Crippen LogP contribution >= 0.6 is 0 Å². The molecule has 0 heterocycles. The van der Waals surface area contributed by atoms with E-state index < -0.39 is 0 Å². The monoisotopic (exact) mass is 184 g/mol. The normalized spacial score (nSPS) is 21.0. The molecule has 76 valence electrons. The van der Waals surface area contributed by atoms with Crippen molar-refractivity contribution in [3.63, 3.8) is 0 Å². The van der Waals surface area contributed by atoms with Gasteiger partial charge in [-0.2, -0.15) is 0 Å². The molecule has 1 aliphatic carbocycles. The second-order valence-corrected chi connectivity index (χ2v) is 3.85. The van der Waals surface area contributed by atoms with E-state index in [0.717, 1.165) is 12.3 Å². The molecule has 0 aromatic carbocycles.